The van der Waals surface area contributed by atoms with E-state index in [2.05, 4.69) is 10.0 Å². The number of benzene rings is 2. The first-order valence-electron chi connectivity index (χ1n) is 8.67. The summed E-state index contributed by atoms with van der Waals surface area (Å²) in [5, 5.41) is 3.69. The van der Waals surface area contributed by atoms with Gasteiger partial charge in [0, 0.05) is 22.6 Å². The summed E-state index contributed by atoms with van der Waals surface area (Å²) < 4.78 is 32.4. The quantitative estimate of drug-likeness (QED) is 0.616. The molecular weight excluding hydrogens is 423 g/mol. The molecule has 2 rings (SSSR count). The number of halogens is 2. The van der Waals surface area contributed by atoms with Crippen LogP contribution in [0, 0.1) is 0 Å². The van der Waals surface area contributed by atoms with Crippen molar-refractivity contribution in [2.24, 2.45) is 0 Å². The molecule has 0 unspecified atom stereocenters. The summed E-state index contributed by atoms with van der Waals surface area (Å²) in [4.78, 5) is 12.1. The van der Waals surface area contributed by atoms with E-state index < -0.39 is 10.0 Å². The Kier molecular flexibility index (Phi) is 8.12. The van der Waals surface area contributed by atoms with Gasteiger partial charge in [-0.05, 0) is 55.3 Å². The number of amides is 1. The third-order valence-electron chi connectivity index (χ3n) is 3.96. The van der Waals surface area contributed by atoms with Crippen LogP contribution in [0.15, 0.2) is 47.4 Å². The van der Waals surface area contributed by atoms with Crippen molar-refractivity contribution in [2.75, 3.05) is 6.61 Å². The summed E-state index contributed by atoms with van der Waals surface area (Å²) in [5.41, 5.74) is 0.739. The van der Waals surface area contributed by atoms with Crippen LogP contribution in [0.5, 0.6) is 5.75 Å². The molecule has 0 radical (unpaired) electrons. The van der Waals surface area contributed by atoms with Gasteiger partial charge in [-0.25, -0.2) is 13.1 Å². The summed E-state index contributed by atoms with van der Waals surface area (Å²) in [7, 11) is -3.57. The lowest BCUT2D eigenvalue weighted by molar-refractivity contribution is -0.123. The molecule has 1 amide bonds. The standard InChI is InChI=1S/C19H22Cl2N2O4S/c1-3-13(2)23-28(25,26)17-8-6-16(7-9-17)27-12-19(24)22-11-14-4-5-15(20)10-18(14)21/h4-10,13,23H,3,11-12H2,1-2H3,(H,22,24)/t13-/m0/s1. The first-order valence-corrected chi connectivity index (χ1v) is 10.9. The molecule has 28 heavy (non-hydrogen) atoms. The number of ether oxygens (including phenoxy) is 1. The highest BCUT2D eigenvalue weighted by Crippen LogP contribution is 2.21. The first kappa shape index (κ1) is 22.5. The number of carbonyl (C=O) groups excluding carboxylic acids is 1. The average molecular weight is 445 g/mol. The summed E-state index contributed by atoms with van der Waals surface area (Å²) in [6.45, 7) is 3.74. The van der Waals surface area contributed by atoms with Gasteiger partial charge in [0.2, 0.25) is 10.0 Å². The lowest BCUT2D eigenvalue weighted by Gasteiger charge is -2.12. The van der Waals surface area contributed by atoms with E-state index in [0.717, 1.165) is 5.56 Å². The van der Waals surface area contributed by atoms with E-state index in [9.17, 15) is 13.2 Å². The Morgan fingerprint density at radius 3 is 2.43 bits per heavy atom. The monoisotopic (exact) mass is 444 g/mol. The van der Waals surface area contributed by atoms with Crippen molar-refractivity contribution in [1.29, 1.82) is 0 Å². The molecule has 152 valence electrons. The molecule has 0 heterocycles. The topological polar surface area (TPSA) is 84.5 Å². The van der Waals surface area contributed by atoms with Crippen molar-refractivity contribution in [3.8, 4) is 5.75 Å². The van der Waals surface area contributed by atoms with Crippen molar-refractivity contribution in [1.82, 2.24) is 10.0 Å². The first-order chi connectivity index (χ1) is 13.2. The van der Waals surface area contributed by atoms with E-state index in [4.69, 9.17) is 27.9 Å². The van der Waals surface area contributed by atoms with E-state index in [-0.39, 0.29) is 30.0 Å². The van der Waals surface area contributed by atoms with Crippen LogP contribution in [-0.2, 0) is 21.4 Å². The van der Waals surface area contributed by atoms with Crippen LogP contribution in [0.25, 0.3) is 0 Å². The Morgan fingerprint density at radius 1 is 1.14 bits per heavy atom. The lowest BCUT2D eigenvalue weighted by atomic mass is 10.2. The van der Waals surface area contributed by atoms with Crippen LogP contribution in [0.1, 0.15) is 25.8 Å². The molecule has 0 aromatic heterocycles. The fourth-order valence-electron chi connectivity index (χ4n) is 2.19. The number of carbonyl (C=O) groups is 1. The van der Waals surface area contributed by atoms with E-state index in [1.165, 1.54) is 24.3 Å². The van der Waals surface area contributed by atoms with Gasteiger partial charge in [0.25, 0.3) is 5.91 Å². The number of rotatable bonds is 9. The summed E-state index contributed by atoms with van der Waals surface area (Å²) >= 11 is 11.9. The van der Waals surface area contributed by atoms with Crippen LogP contribution in [0.4, 0.5) is 0 Å². The molecule has 6 nitrogen and oxygen atoms in total. The van der Waals surface area contributed by atoms with Crippen LogP contribution in [0.3, 0.4) is 0 Å². The molecule has 0 aliphatic carbocycles. The largest absolute Gasteiger partial charge is 0.484 e. The summed E-state index contributed by atoms with van der Waals surface area (Å²) in [6, 6.07) is 10.8. The maximum Gasteiger partial charge on any atom is 0.258 e. The Morgan fingerprint density at radius 2 is 1.82 bits per heavy atom. The molecule has 2 aromatic rings. The second-order valence-electron chi connectivity index (χ2n) is 6.20. The fraction of sp³-hybridized carbons (Fsp3) is 0.316. The second-order valence-corrected chi connectivity index (χ2v) is 8.76. The van der Waals surface area contributed by atoms with Crippen molar-refractivity contribution in [3.05, 3.63) is 58.1 Å². The van der Waals surface area contributed by atoms with Crippen molar-refractivity contribution < 1.29 is 17.9 Å². The number of hydrogen-bond donors (Lipinski definition) is 2. The smallest absolute Gasteiger partial charge is 0.258 e. The predicted molar refractivity (Wildman–Crippen MR) is 110 cm³/mol. The SMILES string of the molecule is CC[C@H](C)NS(=O)(=O)c1ccc(OCC(=O)NCc2ccc(Cl)cc2Cl)cc1. The molecule has 0 saturated heterocycles. The Bertz CT molecular complexity index is 918. The maximum absolute atomic E-state index is 12.2. The zero-order chi connectivity index (χ0) is 20.7. The molecule has 0 fully saturated rings. The van der Waals surface area contributed by atoms with E-state index in [1.807, 2.05) is 6.92 Å². The van der Waals surface area contributed by atoms with Crippen molar-refractivity contribution >= 4 is 39.1 Å². The molecule has 0 spiro atoms. The highest BCUT2D eigenvalue weighted by Gasteiger charge is 2.16. The number of hydrogen-bond acceptors (Lipinski definition) is 4. The second kappa shape index (κ2) is 10.1. The minimum atomic E-state index is -3.57. The molecule has 0 saturated carbocycles. The minimum absolute atomic E-state index is 0.141. The van der Waals surface area contributed by atoms with Crippen LogP contribution in [-0.4, -0.2) is 27.0 Å². The zero-order valence-corrected chi connectivity index (χ0v) is 17.9. The van der Waals surface area contributed by atoms with E-state index in [0.29, 0.717) is 22.2 Å². The van der Waals surface area contributed by atoms with Gasteiger partial charge in [-0.2, -0.15) is 0 Å². The molecule has 9 heteroatoms. The third kappa shape index (κ3) is 6.67. The van der Waals surface area contributed by atoms with Gasteiger partial charge in [-0.1, -0.05) is 36.2 Å². The van der Waals surface area contributed by atoms with Crippen LogP contribution in [0.2, 0.25) is 10.0 Å². The summed E-state index contributed by atoms with van der Waals surface area (Å²) in [5.74, 6) is 0.0586. The molecule has 0 aliphatic heterocycles. The van der Waals surface area contributed by atoms with Crippen molar-refractivity contribution in [3.63, 3.8) is 0 Å². The third-order valence-corrected chi connectivity index (χ3v) is 6.16. The average Bonchev–Trinajstić information content (AvgIpc) is 2.65. The Labute approximate surface area is 175 Å². The molecule has 2 aromatic carbocycles. The fourth-order valence-corrected chi connectivity index (χ4v) is 3.99. The lowest BCUT2D eigenvalue weighted by Crippen LogP contribution is -2.32. The minimum Gasteiger partial charge on any atom is -0.484 e. The van der Waals surface area contributed by atoms with Crippen LogP contribution >= 0.6 is 23.2 Å². The summed E-state index contributed by atoms with van der Waals surface area (Å²) in [6.07, 6.45) is 0.691. The highest BCUT2D eigenvalue weighted by molar-refractivity contribution is 7.89. The van der Waals surface area contributed by atoms with Crippen LogP contribution < -0.4 is 14.8 Å². The normalized spacial score (nSPS) is 12.4. The van der Waals surface area contributed by atoms with Gasteiger partial charge in [-0.15, -0.1) is 0 Å². The highest BCUT2D eigenvalue weighted by atomic mass is 35.5. The molecule has 2 N–H and O–H groups in total. The van der Waals surface area contributed by atoms with Gasteiger partial charge in [0.15, 0.2) is 6.61 Å². The van der Waals surface area contributed by atoms with Crippen molar-refractivity contribution in [2.45, 2.75) is 37.8 Å². The van der Waals surface area contributed by atoms with Gasteiger partial charge >= 0.3 is 0 Å². The zero-order valence-electron chi connectivity index (χ0n) is 15.5. The molecule has 0 aliphatic rings. The predicted octanol–water partition coefficient (Wildman–Crippen LogP) is 3.77. The number of sulfonamides is 1. The van der Waals surface area contributed by atoms with Gasteiger partial charge in [0.1, 0.15) is 5.75 Å². The molecule has 0 bridgehead atoms. The Hall–Kier alpha value is -1.80. The number of nitrogens with one attached hydrogen (secondary N) is 2. The van der Waals surface area contributed by atoms with E-state index in [1.54, 1.807) is 25.1 Å². The van der Waals surface area contributed by atoms with Gasteiger partial charge in [0.05, 0.1) is 4.90 Å². The Balaban J connectivity index is 1.86. The van der Waals surface area contributed by atoms with E-state index >= 15 is 0 Å². The molecular formula is C19H22Cl2N2O4S. The molecule has 1 atom stereocenters. The van der Waals surface area contributed by atoms with Gasteiger partial charge < -0.3 is 10.1 Å². The van der Waals surface area contributed by atoms with Gasteiger partial charge in [-0.3, -0.25) is 4.79 Å². The maximum atomic E-state index is 12.2.